The summed E-state index contributed by atoms with van der Waals surface area (Å²) in [6.07, 6.45) is 4.43. The van der Waals surface area contributed by atoms with Crippen LogP contribution < -0.4 is 25.4 Å². The maximum atomic E-state index is 6.19. The first kappa shape index (κ1) is 23.0. The SMILES string of the molecule is COc1cc(NC(=S)NC(=NC2CCCC2)Nc2nc(C)cc(C)n2)c(OC)cc1Cl. The Hall–Kier alpha value is -2.65. The highest BCUT2D eigenvalue weighted by Crippen LogP contribution is 2.35. The van der Waals surface area contributed by atoms with Crippen molar-refractivity contribution in [3.8, 4) is 11.5 Å². The molecule has 0 radical (unpaired) electrons. The number of hydrogen-bond donors (Lipinski definition) is 3. The van der Waals surface area contributed by atoms with E-state index in [0.29, 0.717) is 39.2 Å². The highest BCUT2D eigenvalue weighted by atomic mass is 35.5. The van der Waals surface area contributed by atoms with Crippen LogP contribution in [-0.2, 0) is 0 Å². The van der Waals surface area contributed by atoms with Crippen LogP contribution in [0.3, 0.4) is 0 Å². The van der Waals surface area contributed by atoms with Crippen molar-refractivity contribution in [2.24, 2.45) is 4.99 Å². The monoisotopic (exact) mass is 462 g/mol. The van der Waals surface area contributed by atoms with E-state index in [0.717, 1.165) is 24.2 Å². The van der Waals surface area contributed by atoms with Crippen LogP contribution in [0.2, 0.25) is 5.02 Å². The normalized spacial score (nSPS) is 14.3. The van der Waals surface area contributed by atoms with Crippen molar-refractivity contribution in [2.75, 3.05) is 24.9 Å². The number of nitrogens with one attached hydrogen (secondary N) is 3. The predicted molar refractivity (Wildman–Crippen MR) is 129 cm³/mol. The number of hydrogen-bond acceptors (Lipinski definition) is 6. The van der Waals surface area contributed by atoms with Crippen LogP contribution in [0.1, 0.15) is 37.1 Å². The Bertz CT molecular complexity index is 958. The first-order valence-electron chi connectivity index (χ1n) is 10.0. The number of methoxy groups -OCH3 is 2. The lowest BCUT2D eigenvalue weighted by molar-refractivity contribution is 0.405. The summed E-state index contributed by atoms with van der Waals surface area (Å²) >= 11 is 11.7. The van der Waals surface area contributed by atoms with Gasteiger partial charge in [-0.3, -0.25) is 5.32 Å². The molecule has 0 spiro atoms. The summed E-state index contributed by atoms with van der Waals surface area (Å²) in [5, 5.41) is 10.2. The van der Waals surface area contributed by atoms with Gasteiger partial charge in [0.1, 0.15) is 11.5 Å². The lowest BCUT2D eigenvalue weighted by Crippen LogP contribution is -2.40. The molecule has 1 saturated carbocycles. The van der Waals surface area contributed by atoms with Crippen LogP contribution in [0.15, 0.2) is 23.2 Å². The van der Waals surface area contributed by atoms with E-state index in [4.69, 9.17) is 38.3 Å². The van der Waals surface area contributed by atoms with Crippen molar-refractivity contribution in [3.63, 3.8) is 0 Å². The number of aryl methyl sites for hydroxylation is 2. The zero-order chi connectivity index (χ0) is 22.4. The standard InChI is InChI=1S/C21H27ClN6O2S/c1-12-9-13(2)24-19(23-12)27-20(25-14-7-5-6-8-14)28-21(31)26-16-11-17(29-3)15(22)10-18(16)30-4/h9-11,14H,5-8H2,1-4H3,(H3,23,24,25,26,27,28,31). The largest absolute Gasteiger partial charge is 0.495 e. The van der Waals surface area contributed by atoms with Gasteiger partial charge in [-0.1, -0.05) is 24.4 Å². The molecule has 166 valence electrons. The quantitative estimate of drug-likeness (QED) is 0.340. The molecule has 0 unspecified atom stereocenters. The summed E-state index contributed by atoms with van der Waals surface area (Å²) in [5.41, 5.74) is 2.35. The van der Waals surface area contributed by atoms with E-state index in [1.807, 2.05) is 19.9 Å². The number of anilines is 2. The Balaban J connectivity index is 1.80. The van der Waals surface area contributed by atoms with Crippen LogP contribution in [-0.4, -0.2) is 41.3 Å². The van der Waals surface area contributed by atoms with Gasteiger partial charge in [0.25, 0.3) is 0 Å². The molecule has 0 atom stereocenters. The van der Waals surface area contributed by atoms with Gasteiger partial charge in [-0.25, -0.2) is 15.0 Å². The Morgan fingerprint density at radius 3 is 2.29 bits per heavy atom. The first-order chi connectivity index (χ1) is 14.9. The summed E-state index contributed by atoms with van der Waals surface area (Å²) in [5.74, 6) is 2.01. The van der Waals surface area contributed by atoms with E-state index < -0.39 is 0 Å². The second-order valence-electron chi connectivity index (χ2n) is 7.28. The molecule has 3 rings (SSSR count). The van der Waals surface area contributed by atoms with Crippen molar-refractivity contribution in [1.82, 2.24) is 15.3 Å². The third kappa shape index (κ3) is 6.41. The van der Waals surface area contributed by atoms with Crippen molar-refractivity contribution in [3.05, 3.63) is 34.6 Å². The molecule has 0 aliphatic heterocycles. The van der Waals surface area contributed by atoms with Gasteiger partial charge in [0.2, 0.25) is 11.9 Å². The van der Waals surface area contributed by atoms with Gasteiger partial charge in [0, 0.05) is 23.5 Å². The van der Waals surface area contributed by atoms with Gasteiger partial charge in [0.05, 0.1) is 31.0 Å². The number of guanidine groups is 1. The molecule has 0 amide bonds. The number of halogens is 1. The zero-order valence-corrected chi connectivity index (χ0v) is 19.7. The van der Waals surface area contributed by atoms with Crippen molar-refractivity contribution >= 4 is 46.5 Å². The molecule has 2 aromatic rings. The molecule has 1 aliphatic carbocycles. The molecule has 0 saturated heterocycles. The molecule has 8 nitrogen and oxygen atoms in total. The van der Waals surface area contributed by atoms with Crippen LogP contribution >= 0.6 is 23.8 Å². The highest BCUT2D eigenvalue weighted by Gasteiger charge is 2.17. The highest BCUT2D eigenvalue weighted by molar-refractivity contribution is 7.80. The number of thiocarbonyl (C=S) groups is 1. The van der Waals surface area contributed by atoms with Gasteiger partial charge >= 0.3 is 0 Å². The van der Waals surface area contributed by atoms with E-state index in [1.165, 1.54) is 12.8 Å². The van der Waals surface area contributed by atoms with Gasteiger partial charge in [-0.2, -0.15) is 0 Å². The average molecular weight is 463 g/mol. The fourth-order valence-corrected chi connectivity index (χ4v) is 3.86. The van der Waals surface area contributed by atoms with E-state index in [1.54, 1.807) is 26.4 Å². The molecular formula is C21H27ClN6O2S. The molecule has 1 aliphatic rings. The van der Waals surface area contributed by atoms with Crippen LogP contribution in [0, 0.1) is 13.8 Å². The van der Waals surface area contributed by atoms with Gasteiger partial charge in [-0.05, 0) is 45.0 Å². The summed E-state index contributed by atoms with van der Waals surface area (Å²) in [7, 11) is 3.11. The van der Waals surface area contributed by atoms with Gasteiger partial charge in [-0.15, -0.1) is 0 Å². The minimum atomic E-state index is 0.230. The van der Waals surface area contributed by atoms with Gasteiger partial charge in [0.15, 0.2) is 5.11 Å². The van der Waals surface area contributed by atoms with E-state index in [-0.39, 0.29) is 6.04 Å². The maximum Gasteiger partial charge on any atom is 0.229 e. The molecule has 3 N–H and O–H groups in total. The third-order valence-corrected chi connectivity index (χ3v) is 5.30. The summed E-state index contributed by atoms with van der Waals surface area (Å²) < 4.78 is 10.7. The Kier molecular flexibility index (Phi) is 7.86. The molecule has 1 heterocycles. The predicted octanol–water partition coefficient (Wildman–Crippen LogP) is 4.46. The second kappa shape index (κ2) is 10.6. The zero-order valence-electron chi connectivity index (χ0n) is 18.1. The number of ether oxygens (including phenoxy) is 2. The Morgan fingerprint density at radius 2 is 1.68 bits per heavy atom. The molecule has 0 bridgehead atoms. The molecule has 10 heteroatoms. The molecule has 1 fully saturated rings. The average Bonchev–Trinajstić information content (AvgIpc) is 3.21. The summed E-state index contributed by atoms with van der Waals surface area (Å²) in [6, 6.07) is 5.54. The maximum absolute atomic E-state index is 6.19. The minimum absolute atomic E-state index is 0.230. The topological polar surface area (TPSA) is 92.7 Å². The molecule has 1 aromatic heterocycles. The van der Waals surface area contributed by atoms with Crippen LogP contribution in [0.25, 0.3) is 0 Å². The lowest BCUT2D eigenvalue weighted by Gasteiger charge is -2.17. The number of rotatable bonds is 5. The third-order valence-electron chi connectivity index (χ3n) is 4.80. The lowest BCUT2D eigenvalue weighted by atomic mass is 10.2. The number of benzene rings is 1. The number of aliphatic imine (C=N–C) groups is 1. The minimum Gasteiger partial charge on any atom is -0.495 e. The Morgan fingerprint density at radius 1 is 1.03 bits per heavy atom. The van der Waals surface area contributed by atoms with E-state index in [2.05, 4.69) is 25.9 Å². The molecule has 31 heavy (non-hydrogen) atoms. The van der Waals surface area contributed by atoms with Crippen molar-refractivity contribution in [2.45, 2.75) is 45.6 Å². The number of aromatic nitrogens is 2. The summed E-state index contributed by atoms with van der Waals surface area (Å²) in [6.45, 7) is 3.85. The number of nitrogens with zero attached hydrogens (tertiary/aromatic N) is 3. The van der Waals surface area contributed by atoms with E-state index in [9.17, 15) is 0 Å². The second-order valence-corrected chi connectivity index (χ2v) is 8.10. The Labute approximate surface area is 192 Å². The summed E-state index contributed by atoms with van der Waals surface area (Å²) in [4.78, 5) is 13.7. The fourth-order valence-electron chi connectivity index (χ4n) is 3.42. The molecular weight excluding hydrogens is 436 g/mol. The smallest absolute Gasteiger partial charge is 0.229 e. The molecule has 1 aromatic carbocycles. The fraction of sp³-hybridized carbons (Fsp3) is 0.429. The van der Waals surface area contributed by atoms with Gasteiger partial charge < -0.3 is 20.1 Å². The first-order valence-corrected chi connectivity index (χ1v) is 10.8. The van der Waals surface area contributed by atoms with E-state index >= 15 is 0 Å². The van der Waals surface area contributed by atoms with Crippen molar-refractivity contribution < 1.29 is 9.47 Å². The van der Waals surface area contributed by atoms with Crippen LogP contribution in [0.4, 0.5) is 11.6 Å². The van der Waals surface area contributed by atoms with Crippen molar-refractivity contribution in [1.29, 1.82) is 0 Å². The van der Waals surface area contributed by atoms with Crippen LogP contribution in [0.5, 0.6) is 11.5 Å².